The fourth-order valence-corrected chi connectivity index (χ4v) is 1.76. The lowest BCUT2D eigenvalue weighted by Crippen LogP contribution is -2.44. The van der Waals surface area contributed by atoms with E-state index in [9.17, 15) is 15.0 Å². The minimum absolute atomic E-state index is 0.413. The van der Waals surface area contributed by atoms with Crippen molar-refractivity contribution in [3.63, 3.8) is 0 Å². The highest BCUT2D eigenvalue weighted by Gasteiger charge is 2.46. The normalized spacial score (nSPS) is 15.5. The third-order valence-corrected chi connectivity index (χ3v) is 3.89. The average molecular weight is 250 g/mol. The molecule has 0 aliphatic rings. The summed E-state index contributed by atoms with van der Waals surface area (Å²) in [5.74, 6) is -0.600. The van der Waals surface area contributed by atoms with Gasteiger partial charge < -0.3 is 10.2 Å². The van der Waals surface area contributed by atoms with E-state index in [0.29, 0.717) is 11.5 Å². The van der Waals surface area contributed by atoms with Crippen LogP contribution < -0.4 is 0 Å². The molecular formula is C15H22O3. The van der Waals surface area contributed by atoms with E-state index in [-0.39, 0.29) is 0 Å². The summed E-state index contributed by atoms with van der Waals surface area (Å²) in [6, 6.07) is 7.48. The third kappa shape index (κ3) is 2.41. The molecule has 2 N–H and O–H groups in total. The second-order valence-corrected chi connectivity index (χ2v) is 5.78. The maximum atomic E-state index is 11.3. The van der Waals surface area contributed by atoms with Crippen LogP contribution in [0.2, 0.25) is 0 Å². The minimum atomic E-state index is -1.41. The van der Waals surface area contributed by atoms with Crippen LogP contribution in [0.25, 0.3) is 0 Å². The van der Waals surface area contributed by atoms with Crippen molar-refractivity contribution in [1.82, 2.24) is 0 Å². The second kappa shape index (κ2) is 4.73. The summed E-state index contributed by atoms with van der Waals surface area (Å²) in [7, 11) is 0. The number of carboxylic acids is 1. The van der Waals surface area contributed by atoms with Crippen molar-refractivity contribution in [1.29, 1.82) is 0 Å². The molecule has 0 radical (unpaired) electrons. The number of carboxylic acid groups (broad SMARTS) is 1. The highest BCUT2D eigenvalue weighted by atomic mass is 16.4. The van der Waals surface area contributed by atoms with Crippen molar-refractivity contribution in [3.8, 4) is 0 Å². The molecule has 3 heteroatoms. The van der Waals surface area contributed by atoms with Crippen molar-refractivity contribution < 1.29 is 15.0 Å². The van der Waals surface area contributed by atoms with Crippen molar-refractivity contribution in [2.75, 3.05) is 0 Å². The van der Waals surface area contributed by atoms with Crippen LogP contribution in [0, 0.1) is 5.41 Å². The first-order valence-electron chi connectivity index (χ1n) is 6.17. The summed E-state index contributed by atoms with van der Waals surface area (Å²) in [5, 5.41) is 19.8. The van der Waals surface area contributed by atoms with Gasteiger partial charge in [0.1, 0.15) is 5.60 Å². The molecular weight excluding hydrogens is 228 g/mol. The van der Waals surface area contributed by atoms with Crippen molar-refractivity contribution in [2.24, 2.45) is 5.41 Å². The van der Waals surface area contributed by atoms with E-state index in [1.54, 1.807) is 19.1 Å². The molecule has 3 nitrogen and oxygen atoms in total. The molecule has 0 spiro atoms. The van der Waals surface area contributed by atoms with Crippen LogP contribution in [0.1, 0.15) is 51.7 Å². The van der Waals surface area contributed by atoms with Gasteiger partial charge in [-0.2, -0.15) is 0 Å². The molecule has 0 aromatic heterocycles. The van der Waals surface area contributed by atoms with E-state index in [2.05, 4.69) is 13.8 Å². The summed E-state index contributed by atoms with van der Waals surface area (Å²) in [6.45, 7) is 8.80. The summed E-state index contributed by atoms with van der Waals surface area (Å²) in [4.78, 5) is 11.3. The molecule has 0 heterocycles. The highest BCUT2D eigenvalue weighted by molar-refractivity contribution is 5.75. The van der Waals surface area contributed by atoms with Crippen LogP contribution in [-0.4, -0.2) is 16.2 Å². The quantitative estimate of drug-likeness (QED) is 0.863. The Kier molecular flexibility index (Phi) is 3.86. The van der Waals surface area contributed by atoms with Crippen molar-refractivity contribution >= 4 is 5.97 Å². The lowest BCUT2D eigenvalue weighted by molar-refractivity contribution is -0.164. The summed E-state index contributed by atoms with van der Waals surface area (Å²) in [6.07, 6.45) is 0. The van der Waals surface area contributed by atoms with Gasteiger partial charge in [-0.3, -0.25) is 4.79 Å². The predicted octanol–water partition coefficient (Wildman–Crippen LogP) is 3.13. The zero-order chi connectivity index (χ0) is 14.1. The van der Waals surface area contributed by atoms with Crippen LogP contribution >= 0.6 is 0 Å². The van der Waals surface area contributed by atoms with Gasteiger partial charge in [-0.05, 0) is 37.8 Å². The van der Waals surface area contributed by atoms with Crippen molar-refractivity contribution in [2.45, 2.75) is 46.1 Å². The molecule has 0 amide bonds. The number of hydrogen-bond donors (Lipinski definition) is 2. The monoisotopic (exact) mass is 250 g/mol. The first-order valence-corrected chi connectivity index (χ1v) is 6.17. The molecule has 0 saturated carbocycles. The topological polar surface area (TPSA) is 57.5 Å². The number of hydrogen-bond acceptors (Lipinski definition) is 2. The first kappa shape index (κ1) is 14.7. The summed E-state index contributed by atoms with van der Waals surface area (Å²) >= 11 is 0. The van der Waals surface area contributed by atoms with Crippen molar-refractivity contribution in [3.05, 3.63) is 35.4 Å². The standard InChI is InChI=1S/C15H22O3/c1-10(2)11-6-8-12(9-7-11)15(5,18)14(3,4)13(16)17/h6-10,18H,1-5H3,(H,16,17). The van der Waals surface area contributed by atoms with Gasteiger partial charge in [0.25, 0.3) is 0 Å². The average Bonchev–Trinajstić information content (AvgIpc) is 2.28. The number of benzene rings is 1. The Hall–Kier alpha value is -1.35. The molecule has 0 fully saturated rings. The fraction of sp³-hybridized carbons (Fsp3) is 0.533. The van der Waals surface area contributed by atoms with Crippen LogP contribution in [-0.2, 0) is 10.4 Å². The summed E-state index contributed by atoms with van der Waals surface area (Å²) in [5.41, 5.74) is -0.859. The van der Waals surface area contributed by atoms with E-state index in [1.807, 2.05) is 12.1 Å². The zero-order valence-electron chi connectivity index (χ0n) is 11.7. The lowest BCUT2D eigenvalue weighted by atomic mass is 9.72. The molecule has 0 bridgehead atoms. The van der Waals surface area contributed by atoms with Gasteiger partial charge in [0.15, 0.2) is 0 Å². The lowest BCUT2D eigenvalue weighted by Gasteiger charge is -2.37. The van der Waals surface area contributed by atoms with Crippen LogP contribution in [0.3, 0.4) is 0 Å². The van der Waals surface area contributed by atoms with E-state index in [4.69, 9.17) is 0 Å². The molecule has 1 atom stereocenters. The Morgan fingerprint density at radius 1 is 1.11 bits per heavy atom. The Morgan fingerprint density at radius 3 is 1.89 bits per heavy atom. The van der Waals surface area contributed by atoms with E-state index >= 15 is 0 Å². The molecule has 0 aliphatic heterocycles. The number of rotatable bonds is 4. The smallest absolute Gasteiger partial charge is 0.312 e. The Balaban J connectivity index is 3.17. The molecule has 1 aromatic rings. The molecule has 1 aromatic carbocycles. The molecule has 0 aliphatic carbocycles. The SMILES string of the molecule is CC(C)c1ccc(C(C)(O)C(C)(C)C(=O)O)cc1. The van der Waals surface area contributed by atoms with E-state index in [0.717, 1.165) is 0 Å². The van der Waals surface area contributed by atoms with Gasteiger partial charge in [0, 0.05) is 0 Å². The van der Waals surface area contributed by atoms with Crippen LogP contribution in [0.4, 0.5) is 0 Å². The first-order chi connectivity index (χ1) is 8.10. The number of aliphatic carboxylic acids is 1. The number of aliphatic hydroxyl groups is 1. The molecule has 0 saturated heterocycles. The van der Waals surface area contributed by atoms with Crippen LogP contribution in [0.5, 0.6) is 0 Å². The van der Waals surface area contributed by atoms with Gasteiger partial charge >= 0.3 is 5.97 Å². The Morgan fingerprint density at radius 2 is 1.56 bits per heavy atom. The van der Waals surface area contributed by atoms with Crippen LogP contribution in [0.15, 0.2) is 24.3 Å². The second-order valence-electron chi connectivity index (χ2n) is 5.78. The fourth-order valence-electron chi connectivity index (χ4n) is 1.76. The Labute approximate surface area is 108 Å². The molecule has 100 valence electrons. The van der Waals surface area contributed by atoms with Gasteiger partial charge in [0.05, 0.1) is 5.41 Å². The highest BCUT2D eigenvalue weighted by Crippen LogP contribution is 2.39. The van der Waals surface area contributed by atoms with E-state index in [1.165, 1.54) is 19.4 Å². The third-order valence-electron chi connectivity index (χ3n) is 3.89. The largest absolute Gasteiger partial charge is 0.481 e. The van der Waals surface area contributed by atoms with Gasteiger partial charge in [-0.15, -0.1) is 0 Å². The van der Waals surface area contributed by atoms with E-state index < -0.39 is 17.0 Å². The molecule has 1 rings (SSSR count). The summed E-state index contributed by atoms with van der Waals surface area (Å²) < 4.78 is 0. The maximum absolute atomic E-state index is 11.3. The number of carbonyl (C=O) groups is 1. The predicted molar refractivity (Wildman–Crippen MR) is 71.5 cm³/mol. The Bertz CT molecular complexity index is 428. The molecule has 1 unspecified atom stereocenters. The van der Waals surface area contributed by atoms with Gasteiger partial charge in [-0.1, -0.05) is 38.1 Å². The van der Waals surface area contributed by atoms with Gasteiger partial charge in [-0.25, -0.2) is 0 Å². The molecule has 18 heavy (non-hydrogen) atoms. The zero-order valence-corrected chi connectivity index (χ0v) is 11.7. The maximum Gasteiger partial charge on any atom is 0.312 e. The van der Waals surface area contributed by atoms with Gasteiger partial charge in [0.2, 0.25) is 0 Å². The minimum Gasteiger partial charge on any atom is -0.481 e.